The molecule has 0 saturated carbocycles. The van der Waals surface area contributed by atoms with Crippen LogP contribution < -0.4 is 9.46 Å². The molecule has 0 atom stereocenters. The Hall–Kier alpha value is -2.56. The predicted molar refractivity (Wildman–Crippen MR) is 106 cm³/mol. The van der Waals surface area contributed by atoms with Crippen LogP contribution in [0.15, 0.2) is 40.5 Å². The summed E-state index contributed by atoms with van der Waals surface area (Å²) in [5, 5.41) is 0. The Balaban J connectivity index is 4.17. The number of hydrogen-bond donors (Lipinski definition) is 1. The minimum atomic E-state index is -8.32. The van der Waals surface area contributed by atoms with Crippen LogP contribution in [0.4, 0.5) is 74.6 Å². The molecule has 244 valence electrons. The van der Waals surface area contributed by atoms with Gasteiger partial charge in [0.25, 0.3) is 0 Å². The first-order chi connectivity index (χ1) is 18.4. The fourth-order valence-electron chi connectivity index (χ4n) is 2.98. The molecule has 0 unspecified atom stereocenters. The molecular weight excluding hydrogens is 659 g/mol. The van der Waals surface area contributed by atoms with Crippen LogP contribution in [0.2, 0.25) is 0 Å². The van der Waals surface area contributed by atoms with Crippen LogP contribution in [0.3, 0.4) is 0 Å². The molecule has 5 nitrogen and oxygen atoms in total. The van der Waals surface area contributed by atoms with Crippen LogP contribution in [0.25, 0.3) is 0 Å². The number of rotatable bonds is 9. The Bertz CT molecular complexity index is 1160. The van der Waals surface area contributed by atoms with Gasteiger partial charge in [-0.05, 0) is 38.4 Å². The molecule has 0 aromatic heterocycles. The molecule has 0 radical (unpaired) electrons. The van der Waals surface area contributed by atoms with Gasteiger partial charge in [-0.2, -0.15) is 65.9 Å². The molecule has 1 aromatic rings. The van der Waals surface area contributed by atoms with Gasteiger partial charge in [-0.25, -0.2) is 21.9 Å². The van der Waals surface area contributed by atoms with Crippen molar-refractivity contribution < 1.29 is 87.8 Å². The predicted octanol–water partition coefficient (Wildman–Crippen LogP) is 6.39. The fraction of sp³-hybridized carbons (Fsp3) is 0.579. The lowest BCUT2D eigenvalue weighted by molar-refractivity contribution is -0.365. The summed E-state index contributed by atoms with van der Waals surface area (Å²) in [4.78, 5) is 0.545. The van der Waals surface area contributed by atoms with Gasteiger partial charge in [0.2, 0.25) is 15.8 Å². The molecule has 0 bridgehead atoms. The van der Waals surface area contributed by atoms with Gasteiger partial charge in [0.1, 0.15) is 5.75 Å². The van der Waals surface area contributed by atoms with E-state index in [0.29, 0.717) is 0 Å². The maximum Gasteiger partial charge on any atom is 0.449 e. The van der Waals surface area contributed by atoms with Gasteiger partial charge in [0, 0.05) is 13.1 Å². The second-order valence-corrected chi connectivity index (χ2v) is 10.1. The molecule has 0 aliphatic carbocycles. The Morgan fingerprint density at radius 2 is 1.05 bits per heavy atom. The highest BCUT2D eigenvalue weighted by Crippen LogP contribution is 2.63. The van der Waals surface area contributed by atoms with Crippen LogP contribution >= 0.6 is 0 Å². The summed E-state index contributed by atoms with van der Waals surface area (Å²) in [6, 6.07) is 0.249. The van der Waals surface area contributed by atoms with Crippen molar-refractivity contribution in [2.45, 2.75) is 47.1 Å². The third kappa shape index (κ3) is 7.32. The molecule has 0 spiro atoms. The minimum Gasteiger partial charge on any atom is -0.452 e. The van der Waals surface area contributed by atoms with E-state index >= 15 is 0 Å². The van der Waals surface area contributed by atoms with E-state index in [1.165, 1.54) is 19.0 Å². The molecule has 0 aliphatic rings. The maximum absolute atomic E-state index is 14.7. The number of halogens is 17. The summed E-state index contributed by atoms with van der Waals surface area (Å²) in [5.74, 6) is -6.55. The van der Waals surface area contributed by atoms with E-state index in [1.54, 1.807) is 0 Å². The van der Waals surface area contributed by atoms with E-state index in [4.69, 9.17) is 0 Å². The number of nitrogens with zero attached hydrogens (tertiary/aromatic N) is 1. The molecule has 0 amide bonds. The van der Waals surface area contributed by atoms with Crippen molar-refractivity contribution in [3.8, 4) is 5.75 Å². The molecule has 0 heterocycles. The largest absolute Gasteiger partial charge is 0.452 e. The number of allylic oxidation sites excluding steroid dienone is 2. The highest BCUT2D eigenvalue weighted by Gasteiger charge is 2.88. The second-order valence-electron chi connectivity index (χ2n) is 8.28. The molecule has 1 N–H and O–H groups in total. The smallest absolute Gasteiger partial charge is 0.449 e. The lowest BCUT2D eigenvalue weighted by Gasteiger charge is -2.41. The van der Waals surface area contributed by atoms with Crippen molar-refractivity contribution in [3.05, 3.63) is 35.6 Å². The van der Waals surface area contributed by atoms with Crippen molar-refractivity contribution in [2.24, 2.45) is 0 Å². The lowest BCUT2D eigenvalue weighted by atomic mass is 9.79. The summed E-state index contributed by atoms with van der Waals surface area (Å²) in [6.07, 6.45) is -39.8. The Morgan fingerprint density at radius 1 is 0.690 bits per heavy atom. The van der Waals surface area contributed by atoms with E-state index in [9.17, 15) is 83.1 Å². The van der Waals surface area contributed by atoms with Gasteiger partial charge >= 0.3 is 42.2 Å². The lowest BCUT2D eigenvalue weighted by Crippen LogP contribution is -2.67. The van der Waals surface area contributed by atoms with Gasteiger partial charge in [-0.1, -0.05) is 0 Å². The summed E-state index contributed by atoms with van der Waals surface area (Å²) < 4.78 is 259. The van der Waals surface area contributed by atoms with E-state index in [2.05, 4.69) is 4.74 Å². The highest BCUT2D eigenvalue weighted by molar-refractivity contribution is 7.89. The molecule has 1 aromatic carbocycles. The number of ether oxygens (including phenoxy) is 1. The number of alkyl halides is 17. The number of likely N-dealkylation sites (N-methyl/N-ethyl adjacent to an activating group) is 1. The number of benzene rings is 1. The van der Waals surface area contributed by atoms with Crippen LogP contribution in [0, 0.1) is 0 Å². The van der Waals surface area contributed by atoms with E-state index in [-0.39, 0.29) is 37.4 Å². The summed E-state index contributed by atoms with van der Waals surface area (Å²) in [5.41, 5.74) is -22.3. The topological polar surface area (TPSA) is 58.6 Å². The minimum absolute atomic E-state index is 0.0652. The quantitative estimate of drug-likeness (QED) is 0.244. The highest BCUT2D eigenvalue weighted by atomic mass is 32.2. The van der Waals surface area contributed by atoms with Crippen molar-refractivity contribution in [3.63, 3.8) is 0 Å². The average molecular weight is 674 g/mol. The van der Waals surface area contributed by atoms with Gasteiger partial charge in [0.05, 0.1) is 10.5 Å². The van der Waals surface area contributed by atoms with Crippen LogP contribution in [-0.4, -0.2) is 82.7 Å². The molecule has 0 fully saturated rings. The van der Waals surface area contributed by atoms with Crippen molar-refractivity contribution in [1.82, 2.24) is 9.62 Å². The van der Waals surface area contributed by atoms with Gasteiger partial charge < -0.3 is 9.64 Å². The Labute approximate surface area is 223 Å². The number of hydrogen-bond acceptors (Lipinski definition) is 4. The van der Waals surface area contributed by atoms with Crippen molar-refractivity contribution in [2.75, 3.05) is 27.2 Å². The summed E-state index contributed by atoms with van der Waals surface area (Å²) in [7, 11) is -1.56. The molecule has 0 saturated heterocycles. The zero-order chi connectivity index (χ0) is 33.5. The first-order valence-corrected chi connectivity index (χ1v) is 11.7. The molecule has 42 heavy (non-hydrogen) atoms. The normalized spacial score (nSPS) is 14.8. The van der Waals surface area contributed by atoms with Gasteiger partial charge in [0.15, 0.2) is 0 Å². The molecular formula is C19H15F17N2O3S. The molecule has 23 heteroatoms. The maximum atomic E-state index is 14.7. The zero-order valence-electron chi connectivity index (χ0n) is 20.2. The fourth-order valence-corrected chi connectivity index (χ4v) is 4.00. The van der Waals surface area contributed by atoms with Crippen LogP contribution in [0.1, 0.15) is 0 Å². The monoisotopic (exact) mass is 674 g/mol. The SMILES string of the molecule is CN(C)CCNS(=O)(=O)c1ccc(OC(=C(C(F)(C(F)(F)F)C(F)(F)F)C(F)(C(F)(F)F)C(F)(F)F)C(F)(F)F)cc1. The standard InChI is InChI=1S/C19H15F17N2O3S/c1-38(2)8-7-37-42(39,40)10-5-3-9(4-6-10)41-12(15(22,23)24)11(13(20,16(25,26)27)17(28,29)30)14(21,18(31,32)33)19(34,35)36/h3-6,37H,7-8H2,1-2H3. The van der Waals surface area contributed by atoms with Crippen molar-refractivity contribution in [1.29, 1.82) is 0 Å². The third-order valence-electron chi connectivity index (χ3n) is 4.94. The Kier molecular flexibility index (Phi) is 10.3. The third-order valence-corrected chi connectivity index (χ3v) is 6.42. The first kappa shape index (κ1) is 37.5. The average Bonchev–Trinajstić information content (AvgIpc) is 2.74. The van der Waals surface area contributed by atoms with E-state index < -0.39 is 74.2 Å². The van der Waals surface area contributed by atoms with Crippen molar-refractivity contribution >= 4 is 10.0 Å². The summed E-state index contributed by atoms with van der Waals surface area (Å²) >= 11 is 0. The molecule has 0 aliphatic heterocycles. The number of sulfonamides is 1. The van der Waals surface area contributed by atoms with E-state index in [1.807, 2.05) is 4.72 Å². The zero-order valence-corrected chi connectivity index (χ0v) is 21.0. The number of nitrogens with one attached hydrogen (secondary N) is 1. The van der Waals surface area contributed by atoms with Crippen LogP contribution in [-0.2, 0) is 10.0 Å². The van der Waals surface area contributed by atoms with Gasteiger partial charge in [-0.3, -0.25) is 0 Å². The van der Waals surface area contributed by atoms with Gasteiger partial charge in [-0.15, -0.1) is 0 Å². The first-order valence-electron chi connectivity index (χ1n) is 10.2. The van der Waals surface area contributed by atoms with Crippen LogP contribution in [0.5, 0.6) is 5.75 Å². The second kappa shape index (κ2) is 11.5. The Morgan fingerprint density at radius 3 is 1.33 bits per heavy atom. The summed E-state index contributed by atoms with van der Waals surface area (Å²) in [6.45, 7) is -0.242. The van der Waals surface area contributed by atoms with E-state index in [0.717, 1.165) is 0 Å². The molecule has 1 rings (SSSR count).